The molecule has 0 amide bonds. The maximum atomic E-state index is 12.7. The first-order chi connectivity index (χ1) is 12.8. The molecule has 0 aliphatic rings. The summed E-state index contributed by atoms with van der Waals surface area (Å²) in [7, 11) is -3.99. The minimum atomic E-state index is -3.99. The molecular weight excluding hydrogens is 366 g/mol. The highest BCUT2D eigenvalue weighted by Gasteiger charge is 2.26. The van der Waals surface area contributed by atoms with E-state index >= 15 is 0 Å². The van der Waals surface area contributed by atoms with Crippen LogP contribution in [0.5, 0.6) is 0 Å². The Morgan fingerprint density at radius 3 is 2.52 bits per heavy atom. The maximum Gasteiger partial charge on any atom is 0.322 e. The molecule has 27 heavy (non-hydrogen) atoms. The van der Waals surface area contributed by atoms with E-state index < -0.39 is 22.0 Å². The van der Waals surface area contributed by atoms with Crippen LogP contribution in [0.25, 0.3) is 10.9 Å². The van der Waals surface area contributed by atoms with Gasteiger partial charge in [0, 0.05) is 11.4 Å². The van der Waals surface area contributed by atoms with E-state index in [1.165, 1.54) is 12.1 Å². The highest BCUT2D eigenvalue weighted by molar-refractivity contribution is 7.89. The summed E-state index contributed by atoms with van der Waals surface area (Å²) in [5, 5.41) is 14.4. The predicted molar refractivity (Wildman–Crippen MR) is 102 cm³/mol. The van der Waals surface area contributed by atoms with Crippen LogP contribution < -0.4 is 4.72 Å². The van der Waals surface area contributed by atoms with E-state index in [4.69, 9.17) is 0 Å². The monoisotopic (exact) mass is 387 g/mol. The number of nitrogens with zero attached hydrogens (tertiary/aromatic N) is 2. The van der Waals surface area contributed by atoms with E-state index in [0.717, 1.165) is 11.1 Å². The van der Waals surface area contributed by atoms with Gasteiger partial charge in [-0.3, -0.25) is 9.48 Å². The lowest BCUT2D eigenvalue weighted by Crippen LogP contribution is -2.42. The van der Waals surface area contributed by atoms with Crippen molar-refractivity contribution in [1.29, 1.82) is 0 Å². The zero-order valence-corrected chi connectivity index (χ0v) is 15.8. The Morgan fingerprint density at radius 1 is 1.19 bits per heavy atom. The van der Waals surface area contributed by atoms with Crippen LogP contribution in [-0.4, -0.2) is 35.3 Å². The van der Waals surface area contributed by atoms with Gasteiger partial charge < -0.3 is 5.11 Å². The number of sulfonamides is 1. The van der Waals surface area contributed by atoms with Crippen LogP contribution in [0.15, 0.2) is 59.6 Å². The van der Waals surface area contributed by atoms with Gasteiger partial charge in [-0.15, -0.1) is 0 Å². The molecule has 142 valence electrons. The number of aromatic nitrogens is 2. The number of carboxylic acids is 1. The molecule has 0 saturated carbocycles. The third-order valence-corrected chi connectivity index (χ3v) is 5.71. The molecule has 0 radical (unpaired) electrons. The fourth-order valence-corrected chi connectivity index (χ4v) is 4.12. The van der Waals surface area contributed by atoms with E-state index in [9.17, 15) is 18.3 Å². The number of rotatable bonds is 7. The van der Waals surface area contributed by atoms with Crippen molar-refractivity contribution >= 4 is 26.9 Å². The van der Waals surface area contributed by atoms with Crippen LogP contribution in [0.1, 0.15) is 25.5 Å². The molecule has 0 aliphatic carbocycles. The summed E-state index contributed by atoms with van der Waals surface area (Å²) in [4.78, 5) is 11.6. The Hall–Kier alpha value is -2.71. The van der Waals surface area contributed by atoms with E-state index in [0.29, 0.717) is 5.39 Å². The van der Waals surface area contributed by atoms with Gasteiger partial charge in [-0.25, -0.2) is 8.42 Å². The maximum absolute atomic E-state index is 12.7. The van der Waals surface area contributed by atoms with Crippen molar-refractivity contribution in [1.82, 2.24) is 14.5 Å². The topological polar surface area (TPSA) is 101 Å². The van der Waals surface area contributed by atoms with Crippen LogP contribution in [-0.2, 0) is 21.2 Å². The molecule has 2 aromatic carbocycles. The van der Waals surface area contributed by atoms with Crippen molar-refractivity contribution in [3.63, 3.8) is 0 Å². The van der Waals surface area contributed by atoms with Crippen molar-refractivity contribution in [2.75, 3.05) is 0 Å². The van der Waals surface area contributed by atoms with Gasteiger partial charge in [0.1, 0.15) is 6.04 Å². The molecule has 0 spiro atoms. The molecule has 0 fully saturated rings. The molecule has 1 aromatic heterocycles. The van der Waals surface area contributed by atoms with Crippen molar-refractivity contribution in [3.8, 4) is 0 Å². The largest absolute Gasteiger partial charge is 0.480 e. The fraction of sp³-hybridized carbons (Fsp3) is 0.263. The second kappa shape index (κ2) is 7.50. The summed E-state index contributed by atoms with van der Waals surface area (Å²) in [6, 6.07) is 12.4. The van der Waals surface area contributed by atoms with Gasteiger partial charge in [0.2, 0.25) is 10.0 Å². The Kier molecular flexibility index (Phi) is 5.29. The lowest BCUT2D eigenvalue weighted by molar-refractivity contribution is -0.138. The van der Waals surface area contributed by atoms with Crippen LogP contribution in [0.2, 0.25) is 0 Å². The molecule has 8 heteroatoms. The summed E-state index contributed by atoms with van der Waals surface area (Å²) < 4.78 is 29.5. The average molecular weight is 387 g/mol. The molecule has 1 atom stereocenters. The molecule has 2 N–H and O–H groups in total. The number of carbonyl (C=O) groups is 1. The van der Waals surface area contributed by atoms with Gasteiger partial charge in [0.25, 0.3) is 0 Å². The Bertz CT molecular complexity index is 1060. The highest BCUT2D eigenvalue weighted by Crippen LogP contribution is 2.22. The number of fused-ring (bicyclic) bond motifs is 1. The zero-order valence-electron chi connectivity index (χ0n) is 15.0. The summed E-state index contributed by atoms with van der Waals surface area (Å²) in [5.41, 5.74) is 1.56. The van der Waals surface area contributed by atoms with Crippen molar-refractivity contribution < 1.29 is 18.3 Å². The van der Waals surface area contributed by atoms with E-state index in [2.05, 4.69) is 9.82 Å². The summed E-state index contributed by atoms with van der Waals surface area (Å²) in [5.74, 6) is -1.23. The van der Waals surface area contributed by atoms with Gasteiger partial charge in [0.15, 0.2) is 0 Å². The minimum absolute atomic E-state index is 0.0117. The lowest BCUT2D eigenvalue weighted by Gasteiger charge is -2.15. The molecule has 0 bridgehead atoms. The third kappa shape index (κ3) is 4.17. The van der Waals surface area contributed by atoms with Crippen LogP contribution in [0, 0.1) is 0 Å². The Balaban J connectivity index is 1.88. The van der Waals surface area contributed by atoms with Crippen LogP contribution >= 0.6 is 0 Å². The Morgan fingerprint density at radius 2 is 1.89 bits per heavy atom. The molecular formula is C19H21N3O4S. The van der Waals surface area contributed by atoms with Gasteiger partial charge in [-0.1, -0.05) is 30.3 Å². The second-order valence-corrected chi connectivity index (χ2v) is 8.32. The van der Waals surface area contributed by atoms with Gasteiger partial charge in [-0.2, -0.15) is 9.82 Å². The molecule has 0 aliphatic heterocycles. The number of nitrogens with one attached hydrogen (secondary N) is 1. The lowest BCUT2D eigenvalue weighted by atomic mass is 10.1. The van der Waals surface area contributed by atoms with E-state index in [1.807, 2.05) is 19.9 Å². The molecule has 3 aromatic rings. The molecule has 7 nitrogen and oxygen atoms in total. The third-order valence-electron chi connectivity index (χ3n) is 4.24. The number of hydrogen-bond acceptors (Lipinski definition) is 4. The zero-order chi connectivity index (χ0) is 19.6. The van der Waals surface area contributed by atoms with Crippen molar-refractivity contribution in [2.45, 2.75) is 37.2 Å². The normalized spacial score (nSPS) is 13.1. The number of hydrogen-bond donors (Lipinski definition) is 2. The van der Waals surface area contributed by atoms with E-state index in [1.54, 1.807) is 41.2 Å². The predicted octanol–water partition coefficient (Wildman–Crippen LogP) is 2.59. The number of benzene rings is 2. The summed E-state index contributed by atoms with van der Waals surface area (Å²) >= 11 is 0. The van der Waals surface area contributed by atoms with Gasteiger partial charge in [-0.05, 0) is 44.0 Å². The first kappa shape index (κ1) is 19.1. The SMILES string of the molecule is CC(C)n1ncc2cc(S(=O)(=O)N[C@@H](Cc3ccccc3)C(=O)O)ccc21. The smallest absolute Gasteiger partial charge is 0.322 e. The molecule has 0 saturated heterocycles. The first-order valence-corrected chi connectivity index (χ1v) is 10.0. The van der Waals surface area contributed by atoms with Crippen LogP contribution in [0.4, 0.5) is 0 Å². The first-order valence-electron chi connectivity index (χ1n) is 8.54. The standard InChI is InChI=1S/C19H21N3O4S/c1-13(2)22-18-9-8-16(11-15(18)12-20-22)27(25,26)21-17(19(23)24)10-14-6-4-3-5-7-14/h3-9,11-13,17,21H,10H2,1-2H3,(H,23,24)/t17-/m0/s1. The van der Waals surface area contributed by atoms with Crippen LogP contribution in [0.3, 0.4) is 0 Å². The molecule has 0 unspecified atom stereocenters. The van der Waals surface area contributed by atoms with Gasteiger partial charge in [0.05, 0.1) is 16.6 Å². The summed E-state index contributed by atoms with van der Waals surface area (Å²) in [6.07, 6.45) is 1.66. The highest BCUT2D eigenvalue weighted by atomic mass is 32.2. The fourth-order valence-electron chi connectivity index (χ4n) is 2.89. The summed E-state index contributed by atoms with van der Waals surface area (Å²) in [6.45, 7) is 3.97. The van der Waals surface area contributed by atoms with E-state index in [-0.39, 0.29) is 17.4 Å². The quantitative estimate of drug-likeness (QED) is 0.649. The van der Waals surface area contributed by atoms with Crippen molar-refractivity contribution in [3.05, 3.63) is 60.3 Å². The van der Waals surface area contributed by atoms with Gasteiger partial charge >= 0.3 is 5.97 Å². The second-order valence-electron chi connectivity index (χ2n) is 6.61. The Labute approximate surface area is 157 Å². The average Bonchev–Trinajstić information content (AvgIpc) is 3.05. The number of aliphatic carboxylic acids is 1. The minimum Gasteiger partial charge on any atom is -0.480 e. The number of carboxylic acid groups (broad SMARTS) is 1. The van der Waals surface area contributed by atoms with Crippen molar-refractivity contribution in [2.24, 2.45) is 0 Å². The molecule has 3 rings (SSSR count). The molecule has 1 heterocycles.